The second-order valence-corrected chi connectivity index (χ2v) is 8.09. The third-order valence-electron chi connectivity index (χ3n) is 4.87. The van der Waals surface area contributed by atoms with E-state index in [9.17, 15) is 9.59 Å². The summed E-state index contributed by atoms with van der Waals surface area (Å²) in [5, 5.41) is 6.99. The van der Waals surface area contributed by atoms with Crippen LogP contribution in [0, 0.1) is 12.8 Å². The summed E-state index contributed by atoms with van der Waals surface area (Å²) in [6.07, 6.45) is 5.13. The summed E-state index contributed by atoms with van der Waals surface area (Å²) in [4.78, 5) is 27.6. The number of rotatable bonds is 6. The Hall–Kier alpha value is -2.28. The van der Waals surface area contributed by atoms with Crippen LogP contribution >= 0.6 is 11.8 Å². The van der Waals surface area contributed by atoms with Crippen LogP contribution in [0.15, 0.2) is 41.6 Å². The maximum Gasteiger partial charge on any atom is 0.254 e. The molecule has 1 aromatic carbocycles. The molecule has 1 saturated heterocycles. The van der Waals surface area contributed by atoms with E-state index in [-0.39, 0.29) is 11.8 Å². The number of aromatic nitrogens is 2. The first-order valence-corrected chi connectivity index (χ1v) is 10.2. The van der Waals surface area contributed by atoms with E-state index in [1.54, 1.807) is 35.9 Å². The van der Waals surface area contributed by atoms with Gasteiger partial charge < -0.3 is 10.2 Å². The predicted octanol–water partition coefficient (Wildman–Crippen LogP) is 2.49. The highest BCUT2D eigenvalue weighted by molar-refractivity contribution is 8.00. The lowest BCUT2D eigenvalue weighted by molar-refractivity contribution is -0.129. The first kappa shape index (κ1) is 19.5. The van der Waals surface area contributed by atoms with Gasteiger partial charge in [-0.05, 0) is 37.8 Å². The van der Waals surface area contributed by atoms with Crippen LogP contribution in [0.25, 0.3) is 0 Å². The van der Waals surface area contributed by atoms with Gasteiger partial charge in [-0.3, -0.25) is 14.3 Å². The Morgan fingerprint density at radius 2 is 1.93 bits per heavy atom. The van der Waals surface area contributed by atoms with E-state index in [1.165, 1.54) is 5.56 Å². The summed E-state index contributed by atoms with van der Waals surface area (Å²) in [6, 6.07) is 8.26. The van der Waals surface area contributed by atoms with Crippen molar-refractivity contribution in [1.29, 1.82) is 0 Å². The molecular formula is C20H26N4O2S. The average Bonchev–Trinajstić information content (AvgIpc) is 3.12. The molecule has 6 nitrogen and oxygen atoms in total. The monoisotopic (exact) mass is 386 g/mol. The fourth-order valence-electron chi connectivity index (χ4n) is 3.13. The van der Waals surface area contributed by atoms with Crippen molar-refractivity contribution in [3.8, 4) is 0 Å². The van der Waals surface area contributed by atoms with Gasteiger partial charge in [0.25, 0.3) is 5.91 Å². The second kappa shape index (κ2) is 9.08. The molecular weight excluding hydrogens is 360 g/mol. The quantitative estimate of drug-likeness (QED) is 0.775. The third kappa shape index (κ3) is 5.60. The number of piperidine rings is 1. The lowest BCUT2D eigenvalue weighted by atomic mass is 9.96. The van der Waals surface area contributed by atoms with Crippen LogP contribution < -0.4 is 5.32 Å². The maximum absolute atomic E-state index is 12.4. The molecule has 1 aliphatic heterocycles. The molecule has 0 saturated carbocycles. The van der Waals surface area contributed by atoms with Gasteiger partial charge in [0.05, 0.1) is 17.5 Å². The smallest absolute Gasteiger partial charge is 0.254 e. The normalized spacial score (nSPS) is 15.0. The van der Waals surface area contributed by atoms with Gasteiger partial charge in [0.1, 0.15) is 0 Å². The molecule has 3 rings (SSSR count). The number of nitrogens with one attached hydrogen (secondary N) is 1. The van der Waals surface area contributed by atoms with Gasteiger partial charge >= 0.3 is 0 Å². The molecule has 2 aromatic rings. The first-order valence-electron chi connectivity index (χ1n) is 9.25. The lowest BCUT2D eigenvalue weighted by Gasteiger charge is -2.32. The Morgan fingerprint density at radius 1 is 1.22 bits per heavy atom. The third-order valence-corrected chi connectivity index (χ3v) is 5.87. The van der Waals surface area contributed by atoms with Gasteiger partial charge in [-0.2, -0.15) is 5.10 Å². The van der Waals surface area contributed by atoms with Crippen molar-refractivity contribution >= 4 is 23.6 Å². The van der Waals surface area contributed by atoms with Crippen molar-refractivity contribution in [2.75, 3.05) is 25.4 Å². The highest BCUT2D eigenvalue weighted by Crippen LogP contribution is 2.21. The Kier molecular flexibility index (Phi) is 6.55. The van der Waals surface area contributed by atoms with Crippen LogP contribution in [0.4, 0.5) is 0 Å². The molecule has 0 radical (unpaired) electrons. The lowest BCUT2D eigenvalue weighted by Crippen LogP contribution is -2.42. The molecule has 0 atom stereocenters. The fraction of sp³-hybridized carbons (Fsp3) is 0.450. The van der Waals surface area contributed by atoms with Crippen LogP contribution in [0.5, 0.6) is 0 Å². The average molecular weight is 387 g/mol. The van der Waals surface area contributed by atoms with Crippen molar-refractivity contribution in [2.45, 2.75) is 24.7 Å². The largest absolute Gasteiger partial charge is 0.352 e. The van der Waals surface area contributed by atoms with Crippen molar-refractivity contribution in [3.63, 3.8) is 0 Å². The SMILES string of the molecule is Cc1ccc(SCC(=O)N2CCC(CNC(=O)c3cnn(C)c3)CC2)cc1. The Labute approximate surface area is 164 Å². The van der Waals surface area contributed by atoms with E-state index in [4.69, 9.17) is 0 Å². The van der Waals surface area contributed by atoms with Crippen LogP contribution in [0.1, 0.15) is 28.8 Å². The first-order chi connectivity index (χ1) is 13.0. The minimum Gasteiger partial charge on any atom is -0.352 e. The van der Waals surface area contributed by atoms with E-state index in [0.29, 0.717) is 23.8 Å². The zero-order valence-electron chi connectivity index (χ0n) is 15.9. The molecule has 27 heavy (non-hydrogen) atoms. The second-order valence-electron chi connectivity index (χ2n) is 7.04. The van der Waals surface area contributed by atoms with Crippen LogP contribution in [0.3, 0.4) is 0 Å². The molecule has 2 amide bonds. The van der Waals surface area contributed by atoms with Gasteiger partial charge in [-0.25, -0.2) is 0 Å². The number of likely N-dealkylation sites (tertiary alicyclic amines) is 1. The molecule has 0 bridgehead atoms. The molecule has 1 N–H and O–H groups in total. The number of aryl methyl sites for hydroxylation is 2. The van der Waals surface area contributed by atoms with Crippen LogP contribution in [-0.4, -0.2) is 51.9 Å². The number of benzene rings is 1. The summed E-state index contributed by atoms with van der Waals surface area (Å²) < 4.78 is 1.62. The predicted molar refractivity (Wildman–Crippen MR) is 107 cm³/mol. The summed E-state index contributed by atoms with van der Waals surface area (Å²) in [5.74, 6) is 1.000. The number of thioether (sulfide) groups is 1. The molecule has 7 heteroatoms. The Bertz CT molecular complexity index is 780. The zero-order chi connectivity index (χ0) is 19.2. The van der Waals surface area contributed by atoms with Crippen LogP contribution in [0.2, 0.25) is 0 Å². The Balaban J connectivity index is 1.37. The molecule has 1 aliphatic rings. The number of amides is 2. The standard InChI is InChI=1S/C20H26N4O2S/c1-15-3-5-18(6-4-15)27-14-19(25)24-9-7-16(8-10-24)11-21-20(26)17-12-22-23(2)13-17/h3-6,12-13,16H,7-11,14H2,1-2H3,(H,21,26). The topological polar surface area (TPSA) is 67.2 Å². The molecule has 1 aromatic heterocycles. The molecule has 0 unspecified atom stereocenters. The zero-order valence-corrected chi connectivity index (χ0v) is 16.7. The number of carbonyl (C=O) groups excluding carboxylic acids is 2. The van der Waals surface area contributed by atoms with Gasteiger partial charge in [-0.15, -0.1) is 11.8 Å². The van der Waals surface area contributed by atoms with Crippen molar-refractivity contribution < 1.29 is 9.59 Å². The number of carbonyl (C=O) groups is 2. The highest BCUT2D eigenvalue weighted by Gasteiger charge is 2.23. The van der Waals surface area contributed by atoms with E-state index in [2.05, 4.69) is 41.6 Å². The minimum absolute atomic E-state index is 0.0869. The fourth-order valence-corrected chi connectivity index (χ4v) is 3.94. The van der Waals surface area contributed by atoms with Gasteiger partial charge in [0, 0.05) is 37.8 Å². The van der Waals surface area contributed by atoms with Gasteiger partial charge in [0.2, 0.25) is 5.91 Å². The summed E-state index contributed by atoms with van der Waals surface area (Å²) in [6.45, 7) is 4.23. The molecule has 144 valence electrons. The molecule has 0 aliphatic carbocycles. The van der Waals surface area contributed by atoms with Crippen molar-refractivity contribution in [3.05, 3.63) is 47.8 Å². The summed E-state index contributed by atoms with van der Waals surface area (Å²) >= 11 is 1.59. The van der Waals surface area contributed by atoms with E-state index in [1.807, 2.05) is 4.90 Å². The van der Waals surface area contributed by atoms with E-state index < -0.39 is 0 Å². The van der Waals surface area contributed by atoms with Gasteiger partial charge in [0.15, 0.2) is 0 Å². The maximum atomic E-state index is 12.4. The number of nitrogens with zero attached hydrogens (tertiary/aromatic N) is 3. The summed E-state index contributed by atoms with van der Waals surface area (Å²) in [5.41, 5.74) is 1.81. The van der Waals surface area contributed by atoms with E-state index in [0.717, 1.165) is 30.8 Å². The van der Waals surface area contributed by atoms with Crippen molar-refractivity contribution in [2.24, 2.45) is 13.0 Å². The molecule has 2 heterocycles. The Morgan fingerprint density at radius 3 is 2.56 bits per heavy atom. The summed E-state index contributed by atoms with van der Waals surface area (Å²) in [7, 11) is 1.79. The van der Waals surface area contributed by atoms with Crippen LogP contribution in [-0.2, 0) is 11.8 Å². The van der Waals surface area contributed by atoms with Crippen molar-refractivity contribution in [1.82, 2.24) is 20.0 Å². The molecule has 0 spiro atoms. The van der Waals surface area contributed by atoms with E-state index >= 15 is 0 Å². The minimum atomic E-state index is -0.0869. The molecule has 1 fully saturated rings. The highest BCUT2D eigenvalue weighted by atomic mass is 32.2. The number of hydrogen-bond donors (Lipinski definition) is 1. The number of hydrogen-bond acceptors (Lipinski definition) is 4. The van der Waals surface area contributed by atoms with Gasteiger partial charge in [-0.1, -0.05) is 17.7 Å².